The van der Waals surface area contributed by atoms with E-state index in [0.29, 0.717) is 11.3 Å². The van der Waals surface area contributed by atoms with Crippen LogP contribution in [0.2, 0.25) is 0 Å². The van der Waals surface area contributed by atoms with E-state index in [1.807, 2.05) is 0 Å². The Kier molecular flexibility index (Phi) is 5.20. The molecule has 1 fully saturated rings. The number of nitrogen functional groups attached to an aromatic ring is 1. The molecule has 1 amide bonds. The zero-order valence-corrected chi connectivity index (χ0v) is 12.3. The molecule has 0 saturated heterocycles. The van der Waals surface area contributed by atoms with E-state index in [0.717, 1.165) is 31.6 Å². The van der Waals surface area contributed by atoms with Crippen LogP contribution < -0.4 is 11.1 Å². The van der Waals surface area contributed by atoms with E-state index in [4.69, 9.17) is 10.5 Å². The Morgan fingerprint density at radius 3 is 2.43 bits per heavy atom. The lowest BCUT2D eigenvalue weighted by Crippen LogP contribution is -2.39. The van der Waals surface area contributed by atoms with E-state index in [-0.39, 0.29) is 18.6 Å². The molecule has 1 aliphatic carbocycles. The summed E-state index contributed by atoms with van der Waals surface area (Å²) in [5, 5.41) is 2.92. The van der Waals surface area contributed by atoms with Crippen LogP contribution in [-0.2, 0) is 9.53 Å². The minimum Gasteiger partial charge on any atom is -0.452 e. The fourth-order valence-electron chi connectivity index (χ4n) is 2.51. The summed E-state index contributed by atoms with van der Waals surface area (Å²) >= 11 is 0. The Morgan fingerprint density at radius 1 is 1.19 bits per heavy atom. The predicted molar refractivity (Wildman–Crippen MR) is 80.7 cm³/mol. The number of carbonyl (C=O) groups excluding carboxylic acids is 2. The van der Waals surface area contributed by atoms with E-state index >= 15 is 0 Å². The molecule has 0 atom stereocenters. The van der Waals surface area contributed by atoms with Crippen molar-refractivity contribution in [2.75, 3.05) is 12.3 Å². The number of anilines is 1. The molecule has 0 radical (unpaired) electrons. The number of nitrogens with one attached hydrogen (secondary N) is 1. The van der Waals surface area contributed by atoms with E-state index in [1.165, 1.54) is 0 Å². The first-order chi connectivity index (χ1) is 10.0. The Hall–Kier alpha value is -2.04. The maximum atomic E-state index is 11.8. The van der Waals surface area contributed by atoms with Crippen LogP contribution in [0.4, 0.5) is 5.69 Å². The molecule has 2 rings (SSSR count). The van der Waals surface area contributed by atoms with Crippen molar-refractivity contribution in [1.29, 1.82) is 0 Å². The van der Waals surface area contributed by atoms with E-state index < -0.39 is 5.97 Å². The Balaban J connectivity index is 1.73. The van der Waals surface area contributed by atoms with Gasteiger partial charge >= 0.3 is 5.97 Å². The van der Waals surface area contributed by atoms with Gasteiger partial charge in [0, 0.05) is 11.7 Å². The van der Waals surface area contributed by atoms with Crippen LogP contribution in [-0.4, -0.2) is 24.5 Å². The molecule has 1 saturated carbocycles. The summed E-state index contributed by atoms with van der Waals surface area (Å²) in [6.45, 7) is 1.99. The number of nitrogens with two attached hydrogens (primary N) is 1. The van der Waals surface area contributed by atoms with Gasteiger partial charge in [-0.2, -0.15) is 0 Å². The van der Waals surface area contributed by atoms with Gasteiger partial charge in [0.15, 0.2) is 6.61 Å². The highest BCUT2D eigenvalue weighted by Gasteiger charge is 2.20. The second kappa shape index (κ2) is 7.11. The molecule has 0 unspecified atom stereocenters. The van der Waals surface area contributed by atoms with Gasteiger partial charge in [0.2, 0.25) is 0 Å². The maximum absolute atomic E-state index is 11.8. The molecule has 1 aromatic rings. The van der Waals surface area contributed by atoms with Gasteiger partial charge in [0.1, 0.15) is 0 Å². The monoisotopic (exact) mass is 290 g/mol. The molecule has 21 heavy (non-hydrogen) atoms. The van der Waals surface area contributed by atoms with E-state index in [9.17, 15) is 9.59 Å². The summed E-state index contributed by atoms with van der Waals surface area (Å²) in [6, 6.07) is 6.62. The average molecular weight is 290 g/mol. The lowest BCUT2D eigenvalue weighted by molar-refractivity contribution is -0.125. The molecule has 0 aromatic heterocycles. The number of hydrogen-bond donors (Lipinski definition) is 2. The van der Waals surface area contributed by atoms with Crippen molar-refractivity contribution >= 4 is 17.6 Å². The van der Waals surface area contributed by atoms with Crippen molar-refractivity contribution in [3.05, 3.63) is 29.8 Å². The number of rotatable bonds is 4. The van der Waals surface area contributed by atoms with E-state index in [2.05, 4.69) is 12.2 Å². The third-order valence-electron chi connectivity index (χ3n) is 3.86. The Bertz CT molecular complexity index is 491. The highest BCUT2D eigenvalue weighted by molar-refractivity contribution is 5.91. The minimum absolute atomic E-state index is 0.212. The molecule has 0 bridgehead atoms. The lowest BCUT2D eigenvalue weighted by atomic mass is 9.87. The summed E-state index contributed by atoms with van der Waals surface area (Å²) in [7, 11) is 0. The van der Waals surface area contributed by atoms with Gasteiger partial charge in [0.25, 0.3) is 5.91 Å². The standard InChI is InChI=1S/C16H22N2O3/c1-11-2-8-14(9-3-11)18-15(19)10-21-16(20)12-4-6-13(17)7-5-12/h4-7,11,14H,2-3,8-10,17H2,1H3,(H,18,19). The summed E-state index contributed by atoms with van der Waals surface area (Å²) in [4.78, 5) is 23.5. The normalized spacial score (nSPS) is 21.6. The molecule has 1 aromatic carbocycles. The van der Waals surface area contributed by atoms with Crippen LogP contribution in [0.3, 0.4) is 0 Å². The van der Waals surface area contributed by atoms with Crippen LogP contribution in [0.5, 0.6) is 0 Å². The fraction of sp³-hybridized carbons (Fsp3) is 0.500. The first kappa shape index (κ1) is 15.4. The summed E-state index contributed by atoms with van der Waals surface area (Å²) in [6.07, 6.45) is 4.27. The molecule has 114 valence electrons. The van der Waals surface area contributed by atoms with Gasteiger partial charge in [0.05, 0.1) is 5.56 Å². The second-order valence-corrected chi connectivity index (χ2v) is 5.72. The zero-order chi connectivity index (χ0) is 15.2. The minimum atomic E-state index is -0.512. The van der Waals surface area contributed by atoms with Crippen molar-refractivity contribution in [3.63, 3.8) is 0 Å². The molecular weight excluding hydrogens is 268 g/mol. The number of amides is 1. The third kappa shape index (κ3) is 4.77. The molecule has 0 aliphatic heterocycles. The molecule has 5 nitrogen and oxygen atoms in total. The lowest BCUT2D eigenvalue weighted by Gasteiger charge is -2.26. The van der Waals surface area contributed by atoms with Gasteiger partial charge in [-0.25, -0.2) is 4.79 Å². The summed E-state index contributed by atoms with van der Waals surface area (Å²) in [5.41, 5.74) is 6.52. The number of esters is 1. The number of benzene rings is 1. The molecular formula is C16H22N2O3. The van der Waals surface area contributed by atoms with Gasteiger partial charge in [-0.05, 0) is 55.9 Å². The first-order valence-corrected chi connectivity index (χ1v) is 7.36. The maximum Gasteiger partial charge on any atom is 0.338 e. The highest BCUT2D eigenvalue weighted by atomic mass is 16.5. The zero-order valence-electron chi connectivity index (χ0n) is 12.3. The number of hydrogen-bond acceptors (Lipinski definition) is 4. The largest absolute Gasteiger partial charge is 0.452 e. The van der Waals surface area contributed by atoms with Gasteiger partial charge in [-0.3, -0.25) is 4.79 Å². The molecule has 0 heterocycles. The molecule has 0 spiro atoms. The number of ether oxygens (including phenoxy) is 1. The predicted octanol–water partition coefficient (Wildman–Crippen LogP) is 2.12. The van der Waals surface area contributed by atoms with Crippen molar-refractivity contribution in [1.82, 2.24) is 5.32 Å². The van der Waals surface area contributed by atoms with Crippen molar-refractivity contribution < 1.29 is 14.3 Å². The summed E-state index contributed by atoms with van der Waals surface area (Å²) in [5.74, 6) is -0.0118. The second-order valence-electron chi connectivity index (χ2n) is 5.72. The van der Waals surface area contributed by atoms with Gasteiger partial charge in [-0.1, -0.05) is 6.92 Å². The Labute approximate surface area is 124 Å². The molecule has 3 N–H and O–H groups in total. The highest BCUT2D eigenvalue weighted by Crippen LogP contribution is 2.23. The van der Waals surface area contributed by atoms with Gasteiger partial charge < -0.3 is 15.8 Å². The van der Waals surface area contributed by atoms with Crippen LogP contribution in [0, 0.1) is 5.92 Å². The average Bonchev–Trinajstić information content (AvgIpc) is 2.48. The first-order valence-electron chi connectivity index (χ1n) is 7.36. The quantitative estimate of drug-likeness (QED) is 0.657. The summed E-state index contributed by atoms with van der Waals surface area (Å²) < 4.78 is 5.00. The van der Waals surface area contributed by atoms with Crippen molar-refractivity contribution in [2.45, 2.75) is 38.6 Å². The van der Waals surface area contributed by atoms with E-state index in [1.54, 1.807) is 24.3 Å². The van der Waals surface area contributed by atoms with Crippen LogP contribution >= 0.6 is 0 Å². The van der Waals surface area contributed by atoms with Crippen LogP contribution in [0.1, 0.15) is 43.0 Å². The topological polar surface area (TPSA) is 81.4 Å². The SMILES string of the molecule is CC1CCC(NC(=O)COC(=O)c2ccc(N)cc2)CC1. The number of carbonyl (C=O) groups is 2. The fourth-order valence-corrected chi connectivity index (χ4v) is 2.51. The van der Waals surface area contributed by atoms with Crippen molar-refractivity contribution in [3.8, 4) is 0 Å². The van der Waals surface area contributed by atoms with Crippen LogP contribution in [0.15, 0.2) is 24.3 Å². The van der Waals surface area contributed by atoms with Crippen molar-refractivity contribution in [2.24, 2.45) is 5.92 Å². The third-order valence-corrected chi connectivity index (χ3v) is 3.86. The van der Waals surface area contributed by atoms with Crippen LogP contribution in [0.25, 0.3) is 0 Å². The molecule has 1 aliphatic rings. The molecule has 5 heteroatoms. The Morgan fingerprint density at radius 2 is 1.81 bits per heavy atom. The smallest absolute Gasteiger partial charge is 0.338 e. The van der Waals surface area contributed by atoms with Gasteiger partial charge in [-0.15, -0.1) is 0 Å².